The lowest BCUT2D eigenvalue weighted by Crippen LogP contribution is -2.40. The van der Waals surface area contributed by atoms with Gasteiger partial charge in [-0.05, 0) is 32.1 Å². The molecule has 0 amide bonds. The van der Waals surface area contributed by atoms with Gasteiger partial charge in [0.1, 0.15) is 6.04 Å². The number of carbonyl (C=O) groups is 1. The van der Waals surface area contributed by atoms with Crippen LogP contribution in [0.2, 0.25) is 0 Å². The first-order valence-corrected chi connectivity index (χ1v) is 4.63. The predicted octanol–water partition coefficient (Wildman–Crippen LogP) is 0.182. The lowest BCUT2D eigenvalue weighted by molar-refractivity contribution is -0.142. The standard InChI is InChI=1S/C9H17NO3/c1-13-8(11)7(10)3-6-9(12)4-2-5-9/h7,12H,2-6,10H2,1H3. The van der Waals surface area contributed by atoms with Crippen molar-refractivity contribution in [3.05, 3.63) is 0 Å². The zero-order valence-electron chi connectivity index (χ0n) is 7.95. The van der Waals surface area contributed by atoms with Crippen LogP contribution >= 0.6 is 0 Å². The second-order valence-electron chi connectivity index (χ2n) is 3.75. The molecule has 3 N–H and O–H groups in total. The molecule has 0 aromatic heterocycles. The second-order valence-corrected chi connectivity index (χ2v) is 3.75. The van der Waals surface area contributed by atoms with Crippen molar-refractivity contribution in [3.8, 4) is 0 Å². The number of hydrogen-bond acceptors (Lipinski definition) is 4. The minimum atomic E-state index is -0.588. The molecule has 4 nitrogen and oxygen atoms in total. The summed E-state index contributed by atoms with van der Waals surface area (Å²) < 4.78 is 4.48. The number of nitrogens with two attached hydrogens (primary N) is 1. The fraction of sp³-hybridized carbons (Fsp3) is 0.889. The highest BCUT2D eigenvalue weighted by molar-refractivity contribution is 5.75. The molecular weight excluding hydrogens is 170 g/mol. The van der Waals surface area contributed by atoms with Crippen molar-refractivity contribution in [2.75, 3.05) is 7.11 Å². The highest BCUT2D eigenvalue weighted by atomic mass is 16.5. The van der Waals surface area contributed by atoms with Gasteiger partial charge in [0.05, 0.1) is 12.7 Å². The van der Waals surface area contributed by atoms with E-state index in [-0.39, 0.29) is 0 Å². The predicted molar refractivity (Wildman–Crippen MR) is 48.0 cm³/mol. The number of aliphatic hydroxyl groups is 1. The van der Waals surface area contributed by atoms with Gasteiger partial charge < -0.3 is 15.6 Å². The molecule has 13 heavy (non-hydrogen) atoms. The lowest BCUT2D eigenvalue weighted by atomic mass is 9.76. The Bertz CT molecular complexity index is 189. The Labute approximate surface area is 78.1 Å². The first-order valence-electron chi connectivity index (χ1n) is 4.63. The molecule has 0 bridgehead atoms. The topological polar surface area (TPSA) is 72.5 Å². The van der Waals surface area contributed by atoms with Crippen molar-refractivity contribution in [2.24, 2.45) is 5.73 Å². The van der Waals surface area contributed by atoms with Crippen LogP contribution in [-0.4, -0.2) is 29.8 Å². The van der Waals surface area contributed by atoms with Crippen LogP contribution in [-0.2, 0) is 9.53 Å². The third kappa shape index (κ3) is 2.67. The minimum Gasteiger partial charge on any atom is -0.468 e. The van der Waals surface area contributed by atoms with Crippen LogP contribution in [0.5, 0.6) is 0 Å². The summed E-state index contributed by atoms with van der Waals surface area (Å²) in [5.41, 5.74) is 4.98. The molecule has 0 radical (unpaired) electrons. The molecule has 1 aliphatic carbocycles. The van der Waals surface area contributed by atoms with Gasteiger partial charge in [-0.2, -0.15) is 0 Å². The highest BCUT2D eigenvalue weighted by Crippen LogP contribution is 2.35. The van der Waals surface area contributed by atoms with Gasteiger partial charge in [0, 0.05) is 0 Å². The van der Waals surface area contributed by atoms with Crippen LogP contribution in [0.3, 0.4) is 0 Å². The molecule has 1 saturated carbocycles. The number of ether oxygens (including phenoxy) is 1. The molecule has 0 heterocycles. The van der Waals surface area contributed by atoms with E-state index in [9.17, 15) is 9.90 Å². The van der Waals surface area contributed by atoms with Gasteiger partial charge in [-0.3, -0.25) is 4.79 Å². The summed E-state index contributed by atoms with van der Waals surface area (Å²) in [7, 11) is 1.32. The maximum absolute atomic E-state index is 10.9. The van der Waals surface area contributed by atoms with Crippen LogP contribution in [0.25, 0.3) is 0 Å². The Morgan fingerprint density at radius 3 is 2.69 bits per heavy atom. The molecule has 1 fully saturated rings. The highest BCUT2D eigenvalue weighted by Gasteiger charge is 2.34. The van der Waals surface area contributed by atoms with Crippen molar-refractivity contribution < 1.29 is 14.6 Å². The number of rotatable bonds is 4. The SMILES string of the molecule is COC(=O)C(N)CCC1(O)CCC1. The Morgan fingerprint density at radius 1 is 1.69 bits per heavy atom. The molecule has 0 aliphatic heterocycles. The van der Waals surface area contributed by atoms with Crippen molar-refractivity contribution in [1.82, 2.24) is 0 Å². The van der Waals surface area contributed by atoms with E-state index in [1.165, 1.54) is 7.11 Å². The molecular formula is C9H17NO3. The number of hydrogen-bond donors (Lipinski definition) is 2. The van der Waals surface area contributed by atoms with Gasteiger partial charge >= 0.3 is 5.97 Å². The summed E-state index contributed by atoms with van der Waals surface area (Å²) in [6.45, 7) is 0. The zero-order chi connectivity index (χ0) is 9.90. The number of methoxy groups -OCH3 is 1. The summed E-state index contributed by atoms with van der Waals surface area (Å²) in [6.07, 6.45) is 3.85. The van der Waals surface area contributed by atoms with Crippen LogP contribution in [0, 0.1) is 0 Å². The van der Waals surface area contributed by atoms with E-state index in [2.05, 4.69) is 4.74 Å². The minimum absolute atomic E-state index is 0.400. The fourth-order valence-corrected chi connectivity index (χ4v) is 1.53. The molecule has 0 saturated heterocycles. The van der Waals surface area contributed by atoms with Crippen molar-refractivity contribution in [3.63, 3.8) is 0 Å². The zero-order valence-corrected chi connectivity index (χ0v) is 7.95. The normalized spacial score (nSPS) is 21.8. The van der Waals surface area contributed by atoms with E-state index in [0.29, 0.717) is 12.8 Å². The van der Waals surface area contributed by atoms with E-state index < -0.39 is 17.6 Å². The second kappa shape index (κ2) is 4.07. The molecule has 0 aromatic carbocycles. The van der Waals surface area contributed by atoms with E-state index in [4.69, 9.17) is 5.73 Å². The third-order valence-electron chi connectivity index (χ3n) is 2.71. The van der Waals surface area contributed by atoms with E-state index in [1.54, 1.807) is 0 Å². The first kappa shape index (κ1) is 10.5. The molecule has 1 rings (SSSR count). The van der Waals surface area contributed by atoms with Gasteiger partial charge in [-0.25, -0.2) is 0 Å². The molecule has 1 atom stereocenters. The third-order valence-corrected chi connectivity index (χ3v) is 2.71. The van der Waals surface area contributed by atoms with Crippen molar-refractivity contribution in [1.29, 1.82) is 0 Å². The number of esters is 1. The van der Waals surface area contributed by atoms with Gasteiger partial charge in [-0.15, -0.1) is 0 Å². The Morgan fingerprint density at radius 2 is 2.31 bits per heavy atom. The smallest absolute Gasteiger partial charge is 0.322 e. The average molecular weight is 187 g/mol. The molecule has 1 unspecified atom stereocenters. The molecule has 1 aliphatic rings. The van der Waals surface area contributed by atoms with Crippen LogP contribution in [0.4, 0.5) is 0 Å². The Kier molecular flexibility index (Phi) is 3.27. The van der Waals surface area contributed by atoms with Crippen LogP contribution < -0.4 is 5.73 Å². The van der Waals surface area contributed by atoms with E-state index in [0.717, 1.165) is 19.3 Å². The largest absolute Gasteiger partial charge is 0.468 e. The van der Waals surface area contributed by atoms with Gasteiger partial charge in [-0.1, -0.05) is 0 Å². The van der Waals surface area contributed by atoms with Crippen molar-refractivity contribution >= 4 is 5.97 Å². The molecule has 0 spiro atoms. The van der Waals surface area contributed by atoms with Gasteiger partial charge in [0.15, 0.2) is 0 Å². The van der Waals surface area contributed by atoms with Crippen molar-refractivity contribution in [2.45, 2.75) is 43.7 Å². The monoisotopic (exact) mass is 187 g/mol. The molecule has 4 heteroatoms. The van der Waals surface area contributed by atoms with Gasteiger partial charge in [0.2, 0.25) is 0 Å². The summed E-state index contributed by atoms with van der Waals surface area (Å²) >= 11 is 0. The molecule has 0 aromatic rings. The van der Waals surface area contributed by atoms with Gasteiger partial charge in [0.25, 0.3) is 0 Å². The number of carbonyl (C=O) groups excluding carboxylic acids is 1. The van der Waals surface area contributed by atoms with Crippen LogP contribution in [0.1, 0.15) is 32.1 Å². The van der Waals surface area contributed by atoms with E-state index >= 15 is 0 Å². The van der Waals surface area contributed by atoms with E-state index in [1.807, 2.05) is 0 Å². The summed E-state index contributed by atoms with van der Waals surface area (Å²) in [5, 5.41) is 9.71. The quantitative estimate of drug-likeness (QED) is 0.616. The fourth-order valence-electron chi connectivity index (χ4n) is 1.53. The maximum atomic E-state index is 10.9. The summed E-state index contributed by atoms with van der Waals surface area (Å²) in [4.78, 5) is 10.9. The lowest BCUT2D eigenvalue weighted by Gasteiger charge is -2.37. The Hall–Kier alpha value is -0.610. The van der Waals surface area contributed by atoms with Crippen LogP contribution in [0.15, 0.2) is 0 Å². The average Bonchev–Trinajstić information content (AvgIpc) is 2.09. The first-order chi connectivity index (χ1) is 6.07. The Balaban J connectivity index is 2.21. The molecule has 76 valence electrons. The maximum Gasteiger partial charge on any atom is 0.322 e. The summed E-state index contributed by atoms with van der Waals surface area (Å²) in [5.74, 6) is -0.400. The summed E-state index contributed by atoms with van der Waals surface area (Å²) in [6, 6.07) is -0.588.